The zero-order valence-corrected chi connectivity index (χ0v) is 9.65. The molecule has 7 heteroatoms. The van der Waals surface area contributed by atoms with Crippen molar-refractivity contribution >= 4 is 5.97 Å². The molecule has 0 aliphatic carbocycles. The molecule has 0 fully saturated rings. The van der Waals surface area contributed by atoms with Crippen molar-refractivity contribution in [2.24, 2.45) is 0 Å². The summed E-state index contributed by atoms with van der Waals surface area (Å²) in [6, 6.07) is 9.52. The fraction of sp³-hybridized carbons (Fsp3) is 0.273. The fourth-order valence-corrected chi connectivity index (χ4v) is 1.48. The number of aromatic nitrogens is 4. The molecule has 7 nitrogen and oxygen atoms in total. The van der Waals surface area contributed by atoms with Crippen LogP contribution in [0.15, 0.2) is 30.3 Å². The maximum Gasteiger partial charge on any atom is 0.304 e. The van der Waals surface area contributed by atoms with Crippen LogP contribution >= 0.6 is 0 Å². The normalized spacial score (nSPS) is 10.4. The molecule has 0 saturated heterocycles. The number of carboxylic acid groups (broad SMARTS) is 1. The average molecular weight is 247 g/mol. The van der Waals surface area contributed by atoms with E-state index in [1.54, 1.807) is 4.68 Å². The van der Waals surface area contributed by atoms with Crippen LogP contribution in [0.2, 0.25) is 0 Å². The summed E-state index contributed by atoms with van der Waals surface area (Å²) in [5.41, 5.74) is 0.873. The quantitative estimate of drug-likeness (QED) is 0.710. The zero-order chi connectivity index (χ0) is 12.8. The maximum absolute atomic E-state index is 10.4. The van der Waals surface area contributed by atoms with Crippen LogP contribution in [-0.2, 0) is 11.3 Å². The van der Waals surface area contributed by atoms with E-state index >= 15 is 0 Å². The van der Waals surface area contributed by atoms with Crippen LogP contribution in [0, 0.1) is 0 Å². The van der Waals surface area contributed by atoms with E-state index < -0.39 is 5.97 Å². The highest BCUT2D eigenvalue weighted by atomic mass is 16.4. The second-order valence-corrected chi connectivity index (χ2v) is 3.66. The Morgan fingerprint density at radius 1 is 1.33 bits per heavy atom. The van der Waals surface area contributed by atoms with Crippen molar-refractivity contribution < 1.29 is 9.90 Å². The van der Waals surface area contributed by atoms with Gasteiger partial charge in [-0.05, 0) is 22.6 Å². The Hall–Kier alpha value is -2.28. The van der Waals surface area contributed by atoms with E-state index in [0.29, 0.717) is 18.9 Å². The van der Waals surface area contributed by atoms with Crippen molar-refractivity contribution in [2.75, 3.05) is 6.54 Å². The molecule has 0 atom stereocenters. The molecule has 18 heavy (non-hydrogen) atoms. The molecule has 0 spiro atoms. The van der Waals surface area contributed by atoms with Crippen molar-refractivity contribution in [3.05, 3.63) is 36.2 Å². The van der Waals surface area contributed by atoms with Crippen LogP contribution < -0.4 is 5.32 Å². The summed E-state index contributed by atoms with van der Waals surface area (Å²) in [6.45, 7) is 0.812. The molecule has 0 saturated carbocycles. The number of hydrogen-bond donors (Lipinski definition) is 2. The second kappa shape index (κ2) is 5.87. The summed E-state index contributed by atoms with van der Waals surface area (Å²) < 4.78 is 1.62. The topological polar surface area (TPSA) is 92.9 Å². The van der Waals surface area contributed by atoms with Crippen LogP contribution in [0.5, 0.6) is 0 Å². The molecule has 2 N–H and O–H groups in total. The molecular formula is C11H13N5O2. The van der Waals surface area contributed by atoms with E-state index in [9.17, 15) is 4.79 Å². The van der Waals surface area contributed by atoms with Gasteiger partial charge in [0.05, 0.1) is 18.7 Å². The average Bonchev–Trinajstić information content (AvgIpc) is 2.84. The summed E-state index contributed by atoms with van der Waals surface area (Å²) in [6.07, 6.45) is 0.0763. The largest absolute Gasteiger partial charge is 0.481 e. The molecule has 1 aromatic heterocycles. The monoisotopic (exact) mass is 247 g/mol. The molecule has 0 aliphatic heterocycles. The number of para-hydroxylation sites is 1. The van der Waals surface area contributed by atoms with Gasteiger partial charge in [-0.3, -0.25) is 4.79 Å². The molecule has 0 unspecified atom stereocenters. The highest BCUT2D eigenvalue weighted by Crippen LogP contribution is 2.06. The third-order valence-corrected chi connectivity index (χ3v) is 2.33. The van der Waals surface area contributed by atoms with Crippen molar-refractivity contribution in [1.29, 1.82) is 0 Å². The van der Waals surface area contributed by atoms with Gasteiger partial charge in [0.2, 0.25) is 0 Å². The first-order chi connectivity index (χ1) is 8.77. The SMILES string of the molecule is O=C(O)CCNCc1nnnn1-c1ccccc1. The molecule has 2 aromatic rings. The van der Waals surface area contributed by atoms with E-state index in [0.717, 1.165) is 5.69 Å². The van der Waals surface area contributed by atoms with Crippen LogP contribution in [0.1, 0.15) is 12.2 Å². The Morgan fingerprint density at radius 3 is 2.83 bits per heavy atom. The van der Waals surface area contributed by atoms with Crippen LogP contribution in [0.3, 0.4) is 0 Å². The van der Waals surface area contributed by atoms with E-state index in [1.807, 2.05) is 30.3 Å². The fourth-order valence-electron chi connectivity index (χ4n) is 1.48. The van der Waals surface area contributed by atoms with Crippen LogP contribution in [0.25, 0.3) is 5.69 Å². The number of nitrogens with one attached hydrogen (secondary N) is 1. The summed E-state index contributed by atoms with van der Waals surface area (Å²) in [4.78, 5) is 10.4. The lowest BCUT2D eigenvalue weighted by Crippen LogP contribution is -2.20. The molecule has 1 heterocycles. The minimum absolute atomic E-state index is 0.0763. The first-order valence-corrected chi connectivity index (χ1v) is 5.52. The van der Waals surface area contributed by atoms with Crippen LogP contribution in [-0.4, -0.2) is 37.8 Å². The number of tetrazole rings is 1. The molecule has 1 aromatic carbocycles. The first kappa shape index (κ1) is 12.2. The Morgan fingerprint density at radius 2 is 2.11 bits per heavy atom. The van der Waals surface area contributed by atoms with Gasteiger partial charge in [-0.1, -0.05) is 18.2 Å². The smallest absolute Gasteiger partial charge is 0.304 e. The highest BCUT2D eigenvalue weighted by Gasteiger charge is 2.07. The summed E-state index contributed by atoms with van der Waals surface area (Å²) >= 11 is 0. The number of carboxylic acids is 1. The minimum atomic E-state index is -0.829. The number of hydrogen-bond acceptors (Lipinski definition) is 5. The van der Waals surface area contributed by atoms with E-state index in [1.165, 1.54) is 0 Å². The summed E-state index contributed by atoms with van der Waals surface area (Å²) in [5.74, 6) is -0.184. The van der Waals surface area contributed by atoms with Crippen molar-refractivity contribution in [3.8, 4) is 5.69 Å². The summed E-state index contributed by atoms with van der Waals surface area (Å²) in [7, 11) is 0. The first-order valence-electron chi connectivity index (χ1n) is 5.52. The molecule has 0 radical (unpaired) electrons. The lowest BCUT2D eigenvalue weighted by Gasteiger charge is -2.04. The molecule has 2 rings (SSSR count). The molecular weight excluding hydrogens is 234 g/mol. The molecule has 94 valence electrons. The molecule has 0 amide bonds. The number of nitrogens with zero attached hydrogens (tertiary/aromatic N) is 4. The van der Waals surface area contributed by atoms with Crippen molar-refractivity contribution in [1.82, 2.24) is 25.5 Å². The maximum atomic E-state index is 10.4. The van der Waals surface area contributed by atoms with Gasteiger partial charge >= 0.3 is 5.97 Å². The Balaban J connectivity index is 1.98. The lowest BCUT2D eigenvalue weighted by atomic mass is 10.3. The van der Waals surface area contributed by atoms with Gasteiger partial charge in [0.15, 0.2) is 5.82 Å². The Bertz CT molecular complexity index is 511. The predicted octanol–water partition coefficient (Wildman–Crippen LogP) is 0.227. The van der Waals surface area contributed by atoms with Crippen LogP contribution in [0.4, 0.5) is 0 Å². The third kappa shape index (κ3) is 3.11. The third-order valence-electron chi connectivity index (χ3n) is 2.33. The van der Waals surface area contributed by atoms with Crippen molar-refractivity contribution in [3.63, 3.8) is 0 Å². The van der Waals surface area contributed by atoms with Crippen molar-refractivity contribution in [2.45, 2.75) is 13.0 Å². The van der Waals surface area contributed by atoms with Gasteiger partial charge in [0, 0.05) is 6.54 Å². The predicted molar refractivity (Wildman–Crippen MR) is 63.1 cm³/mol. The summed E-state index contributed by atoms with van der Waals surface area (Å²) in [5, 5.41) is 22.9. The Kier molecular flexibility index (Phi) is 3.98. The van der Waals surface area contributed by atoms with Gasteiger partial charge in [-0.2, -0.15) is 4.68 Å². The number of rotatable bonds is 6. The van der Waals surface area contributed by atoms with Gasteiger partial charge < -0.3 is 10.4 Å². The van der Waals surface area contributed by atoms with E-state index in [4.69, 9.17) is 5.11 Å². The Labute approximate surface area is 103 Å². The van der Waals surface area contributed by atoms with E-state index in [-0.39, 0.29) is 6.42 Å². The molecule has 0 bridgehead atoms. The minimum Gasteiger partial charge on any atom is -0.481 e. The van der Waals surface area contributed by atoms with Gasteiger partial charge in [-0.15, -0.1) is 5.10 Å². The molecule has 0 aliphatic rings. The standard InChI is InChI=1S/C11H13N5O2/c17-11(18)6-7-12-8-10-13-14-15-16(10)9-4-2-1-3-5-9/h1-5,12H,6-8H2,(H,17,18). The number of benzene rings is 1. The van der Waals surface area contributed by atoms with Gasteiger partial charge in [0.1, 0.15) is 0 Å². The second-order valence-electron chi connectivity index (χ2n) is 3.66. The van der Waals surface area contributed by atoms with Gasteiger partial charge in [0.25, 0.3) is 0 Å². The lowest BCUT2D eigenvalue weighted by molar-refractivity contribution is -0.136. The highest BCUT2D eigenvalue weighted by molar-refractivity contribution is 5.66. The zero-order valence-electron chi connectivity index (χ0n) is 9.65. The van der Waals surface area contributed by atoms with E-state index in [2.05, 4.69) is 20.8 Å². The number of carbonyl (C=O) groups is 1. The number of aliphatic carboxylic acids is 1. The van der Waals surface area contributed by atoms with Gasteiger partial charge in [-0.25, -0.2) is 0 Å².